The number of carbonyl (C=O) groups excluding carboxylic acids is 1. The largest absolute Gasteiger partial charge is 0.378 e. The summed E-state index contributed by atoms with van der Waals surface area (Å²) in [7, 11) is 0. The van der Waals surface area contributed by atoms with Crippen LogP contribution in [0.3, 0.4) is 0 Å². The number of thiazole rings is 1. The molecule has 2 heterocycles. The number of hydrogen-bond acceptors (Lipinski definition) is 4. The Morgan fingerprint density at radius 1 is 1.52 bits per heavy atom. The molecule has 2 amide bonds. The lowest BCUT2D eigenvalue weighted by Crippen LogP contribution is -2.41. The second-order valence-corrected chi connectivity index (χ2v) is 7.06. The van der Waals surface area contributed by atoms with Crippen molar-refractivity contribution in [2.75, 3.05) is 13.2 Å². The molecule has 1 aromatic rings. The molecule has 6 heteroatoms. The average Bonchev–Trinajstić information content (AvgIpc) is 3.04. The van der Waals surface area contributed by atoms with E-state index < -0.39 is 0 Å². The quantitative estimate of drug-likeness (QED) is 0.879. The number of aromatic nitrogens is 1. The van der Waals surface area contributed by atoms with E-state index in [0.29, 0.717) is 18.4 Å². The first kappa shape index (κ1) is 16.2. The number of ether oxygens (including phenoxy) is 1. The van der Waals surface area contributed by atoms with Gasteiger partial charge in [-0.15, -0.1) is 11.3 Å². The highest BCUT2D eigenvalue weighted by atomic mass is 32.1. The molecular formula is C15H25N3O2S. The number of nitrogens with one attached hydrogen (secondary N) is 2. The third kappa shape index (κ3) is 4.41. The molecule has 3 unspecified atom stereocenters. The topological polar surface area (TPSA) is 63.2 Å². The van der Waals surface area contributed by atoms with Crippen LogP contribution < -0.4 is 10.6 Å². The van der Waals surface area contributed by atoms with Crippen LogP contribution in [-0.4, -0.2) is 30.3 Å². The lowest BCUT2D eigenvalue weighted by Gasteiger charge is -2.22. The molecule has 2 N–H and O–H groups in total. The Hall–Kier alpha value is -1.14. The molecule has 118 valence electrons. The standard InChI is InChI=1S/C15H25N3O2S/c1-9(2)14-12(5-6-20-14)7-16-15(19)17-10(3)13-8-21-11(4)18-13/h8-10,12,14H,5-7H2,1-4H3,(H2,16,17,19). The Kier molecular flexibility index (Phi) is 5.58. The van der Waals surface area contributed by atoms with Gasteiger partial charge in [-0.3, -0.25) is 0 Å². The zero-order valence-corrected chi connectivity index (χ0v) is 14.0. The monoisotopic (exact) mass is 311 g/mol. The van der Waals surface area contributed by atoms with Crippen LogP contribution in [0.2, 0.25) is 0 Å². The maximum Gasteiger partial charge on any atom is 0.315 e. The number of carbonyl (C=O) groups is 1. The fraction of sp³-hybridized carbons (Fsp3) is 0.733. The third-order valence-electron chi connectivity index (χ3n) is 3.87. The Morgan fingerprint density at radius 3 is 2.90 bits per heavy atom. The minimum absolute atomic E-state index is 0.0735. The Labute approximate surface area is 130 Å². The van der Waals surface area contributed by atoms with Gasteiger partial charge >= 0.3 is 6.03 Å². The molecule has 2 rings (SSSR count). The molecule has 1 fully saturated rings. The molecule has 0 aromatic carbocycles. The summed E-state index contributed by atoms with van der Waals surface area (Å²) < 4.78 is 5.73. The van der Waals surface area contributed by atoms with Crippen molar-refractivity contribution in [1.82, 2.24) is 15.6 Å². The minimum Gasteiger partial charge on any atom is -0.378 e. The summed E-state index contributed by atoms with van der Waals surface area (Å²) in [6, 6.07) is -0.210. The zero-order valence-electron chi connectivity index (χ0n) is 13.2. The van der Waals surface area contributed by atoms with Gasteiger partial charge < -0.3 is 15.4 Å². The molecule has 0 saturated carbocycles. The number of amides is 2. The molecule has 1 aliphatic rings. The van der Waals surface area contributed by atoms with Crippen molar-refractivity contribution < 1.29 is 9.53 Å². The number of rotatable bonds is 5. The SMILES string of the molecule is Cc1nc(C(C)NC(=O)NCC2CCOC2C(C)C)cs1. The van der Waals surface area contributed by atoms with Crippen LogP contribution in [-0.2, 0) is 4.74 Å². The van der Waals surface area contributed by atoms with Gasteiger partial charge in [0.1, 0.15) is 0 Å². The van der Waals surface area contributed by atoms with Crippen molar-refractivity contribution in [2.45, 2.75) is 46.3 Å². The van der Waals surface area contributed by atoms with Gasteiger partial charge in [-0.1, -0.05) is 13.8 Å². The van der Waals surface area contributed by atoms with Gasteiger partial charge in [0.2, 0.25) is 0 Å². The predicted molar refractivity (Wildman–Crippen MR) is 84.5 cm³/mol. The van der Waals surface area contributed by atoms with Gasteiger partial charge in [0.05, 0.1) is 22.8 Å². The Morgan fingerprint density at radius 2 is 2.29 bits per heavy atom. The average molecular weight is 311 g/mol. The van der Waals surface area contributed by atoms with Gasteiger partial charge in [-0.2, -0.15) is 0 Å². The minimum atomic E-state index is -0.137. The van der Waals surface area contributed by atoms with E-state index in [0.717, 1.165) is 23.7 Å². The summed E-state index contributed by atoms with van der Waals surface area (Å²) >= 11 is 1.60. The summed E-state index contributed by atoms with van der Waals surface area (Å²) in [5, 5.41) is 8.90. The van der Waals surface area contributed by atoms with Crippen molar-refractivity contribution in [3.63, 3.8) is 0 Å². The van der Waals surface area contributed by atoms with E-state index in [9.17, 15) is 4.79 Å². The summed E-state index contributed by atoms with van der Waals surface area (Å²) in [6.07, 6.45) is 1.27. The third-order valence-corrected chi connectivity index (χ3v) is 4.67. The molecule has 21 heavy (non-hydrogen) atoms. The van der Waals surface area contributed by atoms with E-state index in [2.05, 4.69) is 29.5 Å². The smallest absolute Gasteiger partial charge is 0.315 e. The second-order valence-electron chi connectivity index (χ2n) is 6.00. The molecule has 1 aliphatic heterocycles. The fourth-order valence-electron chi connectivity index (χ4n) is 2.74. The molecule has 5 nitrogen and oxygen atoms in total. The fourth-order valence-corrected chi connectivity index (χ4v) is 3.44. The first-order valence-corrected chi connectivity index (χ1v) is 8.43. The number of hydrogen-bond donors (Lipinski definition) is 2. The van der Waals surface area contributed by atoms with Gasteiger partial charge in [0.25, 0.3) is 0 Å². The molecule has 3 atom stereocenters. The van der Waals surface area contributed by atoms with Crippen molar-refractivity contribution in [3.8, 4) is 0 Å². The van der Waals surface area contributed by atoms with Crippen molar-refractivity contribution >= 4 is 17.4 Å². The first-order chi connectivity index (χ1) is 9.97. The molecule has 0 spiro atoms. The molecular weight excluding hydrogens is 286 g/mol. The summed E-state index contributed by atoms with van der Waals surface area (Å²) in [6.45, 7) is 9.70. The Bertz CT molecular complexity index is 475. The maximum absolute atomic E-state index is 12.0. The highest BCUT2D eigenvalue weighted by Gasteiger charge is 2.30. The van der Waals surface area contributed by atoms with Crippen LogP contribution in [0.5, 0.6) is 0 Å². The first-order valence-electron chi connectivity index (χ1n) is 7.55. The lowest BCUT2D eigenvalue weighted by molar-refractivity contribution is 0.0545. The summed E-state index contributed by atoms with van der Waals surface area (Å²) in [4.78, 5) is 16.4. The van der Waals surface area contributed by atoms with Crippen molar-refractivity contribution in [3.05, 3.63) is 16.1 Å². The van der Waals surface area contributed by atoms with Crippen LogP contribution >= 0.6 is 11.3 Å². The van der Waals surface area contributed by atoms with Crippen LogP contribution in [0.25, 0.3) is 0 Å². The molecule has 1 saturated heterocycles. The second kappa shape index (κ2) is 7.22. The van der Waals surface area contributed by atoms with Crippen LogP contribution in [0.15, 0.2) is 5.38 Å². The number of nitrogens with zero attached hydrogens (tertiary/aromatic N) is 1. The van der Waals surface area contributed by atoms with Crippen LogP contribution in [0, 0.1) is 18.8 Å². The van der Waals surface area contributed by atoms with Gasteiger partial charge in [0.15, 0.2) is 0 Å². The summed E-state index contributed by atoms with van der Waals surface area (Å²) in [5.41, 5.74) is 0.914. The normalized spacial score (nSPS) is 23.3. The maximum atomic E-state index is 12.0. The number of aryl methyl sites for hydroxylation is 1. The van der Waals surface area contributed by atoms with E-state index in [1.807, 2.05) is 19.2 Å². The van der Waals surface area contributed by atoms with Crippen LogP contribution in [0.1, 0.15) is 43.9 Å². The highest BCUT2D eigenvalue weighted by Crippen LogP contribution is 2.26. The van der Waals surface area contributed by atoms with Gasteiger partial charge in [-0.05, 0) is 26.2 Å². The molecule has 0 radical (unpaired) electrons. The van der Waals surface area contributed by atoms with Gasteiger partial charge in [0, 0.05) is 24.4 Å². The molecule has 1 aromatic heterocycles. The summed E-state index contributed by atoms with van der Waals surface area (Å²) in [5.74, 6) is 0.895. The van der Waals surface area contributed by atoms with Gasteiger partial charge in [-0.25, -0.2) is 9.78 Å². The van der Waals surface area contributed by atoms with Crippen molar-refractivity contribution in [1.29, 1.82) is 0 Å². The van der Waals surface area contributed by atoms with E-state index >= 15 is 0 Å². The molecule has 0 bridgehead atoms. The Balaban J connectivity index is 1.77. The van der Waals surface area contributed by atoms with E-state index in [4.69, 9.17) is 4.74 Å². The predicted octanol–water partition coefficient (Wildman–Crippen LogP) is 2.87. The lowest BCUT2D eigenvalue weighted by atomic mass is 9.93. The molecule has 0 aliphatic carbocycles. The van der Waals surface area contributed by atoms with Crippen LogP contribution in [0.4, 0.5) is 4.79 Å². The van der Waals surface area contributed by atoms with E-state index in [1.165, 1.54) is 0 Å². The van der Waals surface area contributed by atoms with E-state index in [-0.39, 0.29) is 18.2 Å². The van der Waals surface area contributed by atoms with E-state index in [1.54, 1.807) is 11.3 Å². The highest BCUT2D eigenvalue weighted by molar-refractivity contribution is 7.09. The van der Waals surface area contributed by atoms with Crippen molar-refractivity contribution in [2.24, 2.45) is 11.8 Å². The number of urea groups is 1. The zero-order chi connectivity index (χ0) is 15.4.